The third-order valence-electron chi connectivity index (χ3n) is 10.8. The molecule has 11 heteroatoms. The molecular formula is C42H50N10O. The molecule has 1 aromatic carbocycles. The molecule has 7 rings (SSSR count). The molecule has 1 atom stereocenters. The SMILES string of the molecule is Cc1ccnc(Nc2cc(C3CCCN(C(=O)c4ccc(C5(C)CCC(c6cc(Nc7cc(C)ccn7)nc(N(C)C)n6)CC5)cc4)C3)nc(C)n2)c1. The van der Waals surface area contributed by atoms with Crippen LogP contribution in [0.4, 0.5) is 29.2 Å². The average Bonchev–Trinajstić information content (AvgIpc) is 3.14. The van der Waals surface area contributed by atoms with Crippen LogP contribution in [0.15, 0.2) is 73.1 Å². The van der Waals surface area contributed by atoms with Crippen LogP contribution in [-0.2, 0) is 5.41 Å². The normalized spacial score (nSPS) is 20.2. The minimum atomic E-state index is 0.0306. The van der Waals surface area contributed by atoms with E-state index in [-0.39, 0.29) is 17.2 Å². The van der Waals surface area contributed by atoms with Crippen molar-refractivity contribution in [2.75, 3.05) is 42.7 Å². The summed E-state index contributed by atoms with van der Waals surface area (Å²) in [5, 5.41) is 6.73. The van der Waals surface area contributed by atoms with Gasteiger partial charge in [-0.3, -0.25) is 4.79 Å². The predicted molar refractivity (Wildman–Crippen MR) is 211 cm³/mol. The number of piperidine rings is 1. The second kappa shape index (κ2) is 15.3. The maximum absolute atomic E-state index is 13.8. The van der Waals surface area contributed by atoms with Crippen LogP contribution in [0, 0.1) is 20.8 Å². The molecule has 2 fully saturated rings. The number of likely N-dealkylation sites (tertiary alicyclic amines) is 1. The zero-order chi connectivity index (χ0) is 37.1. The Kier molecular flexibility index (Phi) is 10.3. The minimum Gasteiger partial charge on any atom is -0.347 e. The standard InChI is InChI=1S/C42H50N10O/c1-27-15-19-43-36(22-27)48-38-25-35(45-29(3)46-38)32-8-7-21-52(26-32)40(53)31-9-11-33(12-10-31)42(4)17-13-30(14-18-42)34-24-39(50-41(47-34)51(5)6)49-37-23-28(2)16-20-44-37/h9-12,15-16,19-20,22-25,30,32H,7-8,13-14,17-18,21,26H2,1-6H3,(H,43,45,46,48)(H,44,47,49,50). The van der Waals surface area contributed by atoms with E-state index in [2.05, 4.69) is 57.6 Å². The van der Waals surface area contributed by atoms with Gasteiger partial charge in [-0.2, -0.15) is 4.98 Å². The summed E-state index contributed by atoms with van der Waals surface area (Å²) < 4.78 is 0. The number of rotatable bonds is 9. The lowest BCUT2D eigenvalue weighted by Gasteiger charge is -2.38. The molecule has 4 aromatic heterocycles. The Balaban J connectivity index is 0.994. The first kappa shape index (κ1) is 35.9. The van der Waals surface area contributed by atoms with Gasteiger partial charge in [-0.1, -0.05) is 19.1 Å². The summed E-state index contributed by atoms with van der Waals surface area (Å²) in [7, 11) is 3.95. The maximum atomic E-state index is 13.8. The molecule has 11 nitrogen and oxygen atoms in total. The van der Waals surface area contributed by atoms with Crippen molar-refractivity contribution in [3.05, 3.63) is 113 Å². The maximum Gasteiger partial charge on any atom is 0.253 e. The van der Waals surface area contributed by atoms with Crippen LogP contribution in [0.5, 0.6) is 0 Å². The Morgan fingerprint density at radius 2 is 1.34 bits per heavy atom. The summed E-state index contributed by atoms with van der Waals surface area (Å²) in [4.78, 5) is 45.8. The zero-order valence-electron chi connectivity index (χ0n) is 31.7. The molecule has 1 saturated carbocycles. The van der Waals surface area contributed by atoms with E-state index in [4.69, 9.17) is 15.0 Å². The van der Waals surface area contributed by atoms with E-state index in [0.29, 0.717) is 24.2 Å². The molecule has 1 saturated heterocycles. The summed E-state index contributed by atoms with van der Waals surface area (Å²) in [5.41, 5.74) is 6.34. The number of carbonyl (C=O) groups is 1. The van der Waals surface area contributed by atoms with Gasteiger partial charge in [0.15, 0.2) is 0 Å². The third kappa shape index (κ3) is 8.45. The van der Waals surface area contributed by atoms with Crippen molar-refractivity contribution in [1.82, 2.24) is 34.8 Å². The predicted octanol–water partition coefficient (Wildman–Crippen LogP) is 8.17. The second-order valence-electron chi connectivity index (χ2n) is 15.3. The van der Waals surface area contributed by atoms with E-state index in [0.717, 1.165) is 96.4 Å². The van der Waals surface area contributed by atoms with Crippen LogP contribution in [0.1, 0.15) is 102 Å². The highest BCUT2D eigenvalue weighted by molar-refractivity contribution is 5.94. The number of carbonyl (C=O) groups excluding carboxylic acids is 1. The number of nitrogens with zero attached hydrogens (tertiary/aromatic N) is 8. The smallest absolute Gasteiger partial charge is 0.253 e. The Labute approximate surface area is 312 Å². The summed E-state index contributed by atoms with van der Waals surface area (Å²) in [6.07, 6.45) is 9.64. The molecule has 53 heavy (non-hydrogen) atoms. The van der Waals surface area contributed by atoms with E-state index in [9.17, 15) is 4.79 Å². The average molecular weight is 711 g/mol. The summed E-state index contributed by atoms with van der Waals surface area (Å²) in [6, 6.07) is 20.4. The first-order chi connectivity index (χ1) is 25.5. The van der Waals surface area contributed by atoms with Crippen molar-refractivity contribution in [3.63, 3.8) is 0 Å². The minimum absolute atomic E-state index is 0.0306. The lowest BCUT2D eigenvalue weighted by molar-refractivity contribution is 0.0705. The van der Waals surface area contributed by atoms with Crippen molar-refractivity contribution in [2.45, 2.75) is 83.5 Å². The number of benzene rings is 1. The van der Waals surface area contributed by atoms with Crippen molar-refractivity contribution in [2.24, 2.45) is 0 Å². The molecule has 1 aliphatic heterocycles. The number of anilines is 5. The first-order valence-electron chi connectivity index (χ1n) is 18.7. The Hall–Kier alpha value is -5.45. The van der Waals surface area contributed by atoms with Crippen LogP contribution >= 0.6 is 0 Å². The molecule has 1 aliphatic carbocycles. The number of hydrogen-bond acceptors (Lipinski definition) is 10. The molecule has 2 aliphatic rings. The monoisotopic (exact) mass is 710 g/mol. The van der Waals surface area contributed by atoms with Crippen LogP contribution < -0.4 is 15.5 Å². The van der Waals surface area contributed by atoms with E-state index < -0.39 is 0 Å². The molecule has 5 aromatic rings. The highest BCUT2D eigenvalue weighted by Gasteiger charge is 2.35. The highest BCUT2D eigenvalue weighted by Crippen LogP contribution is 2.45. The van der Waals surface area contributed by atoms with Gasteiger partial charge < -0.3 is 20.4 Å². The van der Waals surface area contributed by atoms with Gasteiger partial charge in [-0.25, -0.2) is 24.9 Å². The van der Waals surface area contributed by atoms with Crippen LogP contribution in [0.25, 0.3) is 0 Å². The van der Waals surface area contributed by atoms with E-state index in [1.54, 1.807) is 6.20 Å². The van der Waals surface area contributed by atoms with Crippen LogP contribution in [0.2, 0.25) is 0 Å². The summed E-state index contributed by atoms with van der Waals surface area (Å²) >= 11 is 0. The van der Waals surface area contributed by atoms with Gasteiger partial charge in [0, 0.05) is 69.1 Å². The number of nitrogens with one attached hydrogen (secondary N) is 2. The quantitative estimate of drug-likeness (QED) is 0.155. The zero-order valence-corrected chi connectivity index (χ0v) is 31.7. The molecule has 2 N–H and O–H groups in total. The van der Waals surface area contributed by atoms with Gasteiger partial charge >= 0.3 is 0 Å². The van der Waals surface area contributed by atoms with Crippen molar-refractivity contribution in [1.29, 1.82) is 0 Å². The third-order valence-corrected chi connectivity index (χ3v) is 10.8. The lowest BCUT2D eigenvalue weighted by Crippen LogP contribution is -2.39. The van der Waals surface area contributed by atoms with Gasteiger partial charge in [-0.05, 0) is 118 Å². The fraction of sp³-hybridized carbons (Fsp3) is 0.405. The molecule has 0 spiro atoms. The number of hydrogen-bond donors (Lipinski definition) is 2. The Bertz CT molecular complexity index is 2070. The van der Waals surface area contributed by atoms with E-state index in [1.807, 2.05) is 86.4 Å². The molecule has 1 unspecified atom stereocenters. The van der Waals surface area contributed by atoms with E-state index in [1.165, 1.54) is 5.56 Å². The van der Waals surface area contributed by atoms with Crippen molar-refractivity contribution < 1.29 is 4.79 Å². The van der Waals surface area contributed by atoms with Crippen LogP contribution in [-0.4, -0.2) is 67.9 Å². The van der Waals surface area contributed by atoms with Gasteiger partial charge in [0.25, 0.3) is 5.91 Å². The van der Waals surface area contributed by atoms with Gasteiger partial charge in [0.2, 0.25) is 5.95 Å². The van der Waals surface area contributed by atoms with Gasteiger partial charge in [0.1, 0.15) is 29.1 Å². The molecule has 0 bridgehead atoms. The number of aryl methyl sites for hydroxylation is 3. The number of pyridine rings is 2. The second-order valence-corrected chi connectivity index (χ2v) is 15.3. The first-order valence-corrected chi connectivity index (χ1v) is 18.7. The Morgan fingerprint density at radius 1 is 0.736 bits per heavy atom. The fourth-order valence-electron chi connectivity index (χ4n) is 7.70. The van der Waals surface area contributed by atoms with Crippen molar-refractivity contribution in [3.8, 4) is 0 Å². The summed E-state index contributed by atoms with van der Waals surface area (Å²) in [6.45, 7) is 9.75. The van der Waals surface area contributed by atoms with Crippen molar-refractivity contribution >= 4 is 35.1 Å². The Morgan fingerprint density at radius 3 is 1.94 bits per heavy atom. The summed E-state index contributed by atoms with van der Waals surface area (Å²) in [5.74, 6) is 4.96. The largest absolute Gasteiger partial charge is 0.347 e. The molecule has 1 amide bonds. The highest BCUT2D eigenvalue weighted by atomic mass is 16.2. The van der Waals surface area contributed by atoms with E-state index >= 15 is 0 Å². The molecule has 274 valence electrons. The number of amides is 1. The molecular weight excluding hydrogens is 661 g/mol. The van der Waals surface area contributed by atoms with Gasteiger partial charge in [-0.15, -0.1) is 0 Å². The molecule has 5 heterocycles. The van der Waals surface area contributed by atoms with Gasteiger partial charge in [0.05, 0.1) is 11.4 Å². The number of aromatic nitrogens is 6. The fourth-order valence-corrected chi connectivity index (χ4v) is 7.70. The molecule has 0 radical (unpaired) electrons. The van der Waals surface area contributed by atoms with Crippen LogP contribution in [0.3, 0.4) is 0 Å². The topological polar surface area (TPSA) is 125 Å². The lowest BCUT2D eigenvalue weighted by atomic mass is 9.67.